The third kappa shape index (κ3) is 0.929. The molecule has 0 aliphatic carbocycles. The van der Waals surface area contributed by atoms with E-state index in [-0.39, 0.29) is 12.0 Å². The molecule has 78 valence electrons. The number of fused-ring (bicyclic) bond motifs is 1. The molecule has 3 fully saturated rings. The Kier molecular flexibility index (Phi) is 1.67. The van der Waals surface area contributed by atoms with Crippen molar-refractivity contribution >= 4 is 5.91 Å². The van der Waals surface area contributed by atoms with Gasteiger partial charge in [0, 0.05) is 27.1 Å². The zero-order chi connectivity index (χ0) is 9.87. The van der Waals surface area contributed by atoms with Gasteiger partial charge < -0.3 is 9.64 Å². The van der Waals surface area contributed by atoms with Gasteiger partial charge in [0.1, 0.15) is 0 Å². The number of likely N-dealkylation sites (N-methyl/N-ethyl adjacent to an activating group) is 1. The Balaban J connectivity index is 1.87. The zero-order valence-corrected chi connectivity index (χ0v) is 8.64. The van der Waals surface area contributed by atoms with Gasteiger partial charge in [-0.2, -0.15) is 0 Å². The van der Waals surface area contributed by atoms with E-state index in [0.717, 1.165) is 19.5 Å². The fraction of sp³-hybridized carbons (Fsp3) is 0.900. The summed E-state index contributed by atoms with van der Waals surface area (Å²) in [6.07, 6.45) is 1.80. The number of ether oxygens (including phenoxy) is 1. The van der Waals surface area contributed by atoms with Crippen molar-refractivity contribution in [2.45, 2.75) is 37.6 Å². The van der Waals surface area contributed by atoms with Gasteiger partial charge in [-0.05, 0) is 6.42 Å². The average Bonchev–Trinajstić information content (AvgIpc) is 2.70. The maximum atomic E-state index is 11.3. The standard InChI is InChI=1S/C10H16N2O2/c1-6(13)11(2)9-8-5-12-4-3-7(14-8)10(9)12/h7-10H,3-5H2,1-2H3/t7-,8+,9-,10?/m0/s1. The maximum Gasteiger partial charge on any atom is 0.219 e. The highest BCUT2D eigenvalue weighted by molar-refractivity contribution is 5.73. The number of rotatable bonds is 1. The van der Waals surface area contributed by atoms with Gasteiger partial charge >= 0.3 is 0 Å². The van der Waals surface area contributed by atoms with Crippen molar-refractivity contribution in [3.8, 4) is 0 Å². The zero-order valence-electron chi connectivity index (χ0n) is 8.64. The molecule has 0 N–H and O–H groups in total. The van der Waals surface area contributed by atoms with E-state index in [2.05, 4.69) is 4.90 Å². The van der Waals surface area contributed by atoms with E-state index in [4.69, 9.17) is 4.74 Å². The second-order valence-corrected chi connectivity index (χ2v) is 4.61. The highest BCUT2D eigenvalue weighted by Gasteiger charge is 2.58. The summed E-state index contributed by atoms with van der Waals surface area (Å²) in [6, 6.07) is 0.786. The number of amides is 1. The minimum atomic E-state index is 0.151. The molecule has 0 aromatic heterocycles. The molecular weight excluding hydrogens is 180 g/mol. The van der Waals surface area contributed by atoms with Crippen LogP contribution < -0.4 is 0 Å². The van der Waals surface area contributed by atoms with Gasteiger partial charge in [-0.25, -0.2) is 0 Å². The number of carbonyl (C=O) groups is 1. The van der Waals surface area contributed by atoms with E-state index >= 15 is 0 Å². The van der Waals surface area contributed by atoms with Gasteiger partial charge in [0.2, 0.25) is 5.91 Å². The van der Waals surface area contributed by atoms with Crippen molar-refractivity contribution in [2.75, 3.05) is 20.1 Å². The molecule has 0 saturated carbocycles. The van der Waals surface area contributed by atoms with Crippen molar-refractivity contribution in [2.24, 2.45) is 0 Å². The fourth-order valence-electron chi connectivity index (χ4n) is 3.24. The van der Waals surface area contributed by atoms with Crippen LogP contribution in [0.3, 0.4) is 0 Å². The first-order chi connectivity index (χ1) is 6.68. The Labute approximate surface area is 83.8 Å². The lowest BCUT2D eigenvalue weighted by Crippen LogP contribution is -2.45. The summed E-state index contributed by atoms with van der Waals surface area (Å²) in [6.45, 7) is 3.80. The Morgan fingerprint density at radius 3 is 2.93 bits per heavy atom. The molecule has 2 bridgehead atoms. The molecule has 0 aromatic carbocycles. The first kappa shape index (κ1) is 8.68. The quantitative estimate of drug-likeness (QED) is 0.576. The van der Waals surface area contributed by atoms with Crippen LogP contribution in [0.2, 0.25) is 0 Å². The van der Waals surface area contributed by atoms with Crippen molar-refractivity contribution < 1.29 is 9.53 Å². The Bertz CT molecular complexity index is 267. The summed E-state index contributed by atoms with van der Waals surface area (Å²) in [5.74, 6) is 0.151. The van der Waals surface area contributed by atoms with Gasteiger partial charge in [-0.1, -0.05) is 0 Å². The summed E-state index contributed by atoms with van der Waals surface area (Å²) in [5, 5.41) is 0. The number of morpholine rings is 1. The molecule has 14 heavy (non-hydrogen) atoms. The number of nitrogens with zero attached hydrogens (tertiary/aromatic N) is 2. The van der Waals surface area contributed by atoms with Gasteiger partial charge in [-0.3, -0.25) is 9.69 Å². The van der Waals surface area contributed by atoms with Crippen LogP contribution in [0, 0.1) is 0 Å². The van der Waals surface area contributed by atoms with E-state index in [0.29, 0.717) is 18.2 Å². The molecule has 3 rings (SSSR count). The predicted molar refractivity (Wildman–Crippen MR) is 50.9 cm³/mol. The maximum absolute atomic E-state index is 11.3. The van der Waals surface area contributed by atoms with E-state index < -0.39 is 0 Å². The number of hydrogen-bond donors (Lipinski definition) is 0. The van der Waals surface area contributed by atoms with E-state index in [1.54, 1.807) is 6.92 Å². The van der Waals surface area contributed by atoms with Crippen LogP contribution in [0.4, 0.5) is 0 Å². The third-order valence-electron chi connectivity index (χ3n) is 3.94. The molecule has 0 spiro atoms. The Morgan fingerprint density at radius 1 is 1.50 bits per heavy atom. The van der Waals surface area contributed by atoms with E-state index in [1.807, 2.05) is 11.9 Å². The highest BCUT2D eigenvalue weighted by atomic mass is 16.5. The van der Waals surface area contributed by atoms with Crippen LogP contribution >= 0.6 is 0 Å². The minimum Gasteiger partial charge on any atom is -0.370 e. The lowest BCUT2D eigenvalue weighted by molar-refractivity contribution is -0.130. The minimum absolute atomic E-state index is 0.151. The molecule has 1 amide bonds. The van der Waals surface area contributed by atoms with Crippen LogP contribution in [0.5, 0.6) is 0 Å². The topological polar surface area (TPSA) is 32.8 Å². The summed E-state index contributed by atoms with van der Waals surface area (Å²) < 4.78 is 5.90. The lowest BCUT2D eigenvalue weighted by Gasteiger charge is -2.26. The fourth-order valence-corrected chi connectivity index (χ4v) is 3.24. The second-order valence-electron chi connectivity index (χ2n) is 4.61. The van der Waals surface area contributed by atoms with Crippen molar-refractivity contribution in [1.82, 2.24) is 9.80 Å². The van der Waals surface area contributed by atoms with Crippen LogP contribution in [-0.2, 0) is 9.53 Å². The largest absolute Gasteiger partial charge is 0.370 e. The first-order valence-electron chi connectivity index (χ1n) is 5.31. The smallest absolute Gasteiger partial charge is 0.219 e. The molecule has 4 nitrogen and oxygen atoms in total. The van der Waals surface area contributed by atoms with Crippen molar-refractivity contribution in [3.63, 3.8) is 0 Å². The van der Waals surface area contributed by atoms with Crippen LogP contribution in [-0.4, -0.2) is 60.1 Å². The molecule has 3 aliphatic heterocycles. The Morgan fingerprint density at radius 2 is 2.29 bits per heavy atom. The molecule has 4 atom stereocenters. The molecule has 3 heterocycles. The summed E-state index contributed by atoms with van der Waals surface area (Å²) >= 11 is 0. The molecule has 1 unspecified atom stereocenters. The predicted octanol–water partition coefficient (Wildman–Crippen LogP) is -0.311. The van der Waals surface area contributed by atoms with E-state index in [9.17, 15) is 4.79 Å². The monoisotopic (exact) mass is 196 g/mol. The summed E-state index contributed by atoms with van der Waals surface area (Å²) in [5.41, 5.74) is 0. The number of hydrogen-bond acceptors (Lipinski definition) is 3. The van der Waals surface area contributed by atoms with Gasteiger partial charge in [0.15, 0.2) is 0 Å². The molecule has 0 radical (unpaired) electrons. The molecule has 0 aromatic rings. The lowest BCUT2D eigenvalue weighted by atomic mass is 10.1. The van der Waals surface area contributed by atoms with Crippen LogP contribution in [0.25, 0.3) is 0 Å². The molecular formula is C10H16N2O2. The molecule has 3 saturated heterocycles. The Hall–Kier alpha value is -0.610. The third-order valence-corrected chi connectivity index (χ3v) is 3.94. The van der Waals surface area contributed by atoms with Gasteiger partial charge in [-0.15, -0.1) is 0 Å². The number of carbonyl (C=O) groups excluding carboxylic acids is 1. The summed E-state index contributed by atoms with van der Waals surface area (Å²) in [4.78, 5) is 15.7. The van der Waals surface area contributed by atoms with Crippen LogP contribution in [0.15, 0.2) is 0 Å². The molecule has 4 heteroatoms. The summed E-state index contributed by atoms with van der Waals surface area (Å²) in [7, 11) is 1.90. The van der Waals surface area contributed by atoms with Gasteiger partial charge in [0.25, 0.3) is 0 Å². The SMILES string of the molecule is CC(=O)N(C)[C@@H]1C2[C@@H]3CCN2C[C@H]1O3. The van der Waals surface area contributed by atoms with Gasteiger partial charge in [0.05, 0.1) is 24.3 Å². The van der Waals surface area contributed by atoms with E-state index in [1.165, 1.54) is 0 Å². The molecule has 3 aliphatic rings. The first-order valence-corrected chi connectivity index (χ1v) is 5.31. The van der Waals surface area contributed by atoms with Crippen molar-refractivity contribution in [3.05, 3.63) is 0 Å². The second kappa shape index (κ2) is 2.70. The van der Waals surface area contributed by atoms with Crippen LogP contribution in [0.1, 0.15) is 13.3 Å². The average molecular weight is 196 g/mol. The highest BCUT2D eigenvalue weighted by Crippen LogP contribution is 2.41. The normalized spacial score (nSPS) is 44.7. The van der Waals surface area contributed by atoms with Crippen molar-refractivity contribution in [1.29, 1.82) is 0 Å².